The standard InChI is InChI=1S/C12H14Cl2N4O/c1-3-15-7(2)11-17-18-12(19-11)16-9-6-4-5-8(13)10(9)14/h4-7,15H,3H2,1-2H3,(H,16,18). The molecule has 2 aromatic rings. The fraction of sp³-hybridized carbons (Fsp3) is 0.333. The molecule has 1 heterocycles. The normalized spacial score (nSPS) is 12.4. The number of hydrogen-bond acceptors (Lipinski definition) is 5. The van der Waals surface area contributed by atoms with E-state index in [0.717, 1.165) is 6.54 Å². The zero-order chi connectivity index (χ0) is 13.8. The van der Waals surface area contributed by atoms with Gasteiger partial charge in [-0.2, -0.15) is 0 Å². The summed E-state index contributed by atoms with van der Waals surface area (Å²) >= 11 is 12.0. The predicted molar refractivity (Wildman–Crippen MR) is 76.1 cm³/mol. The average molecular weight is 301 g/mol. The van der Waals surface area contributed by atoms with E-state index >= 15 is 0 Å². The number of nitrogens with zero attached hydrogens (tertiary/aromatic N) is 2. The van der Waals surface area contributed by atoms with Crippen LogP contribution in [0.15, 0.2) is 22.6 Å². The number of anilines is 2. The number of rotatable bonds is 5. The second-order valence-electron chi connectivity index (χ2n) is 3.95. The lowest BCUT2D eigenvalue weighted by atomic mass is 10.3. The molecule has 102 valence electrons. The van der Waals surface area contributed by atoms with E-state index in [2.05, 4.69) is 20.8 Å². The van der Waals surface area contributed by atoms with Crippen molar-refractivity contribution in [2.45, 2.75) is 19.9 Å². The van der Waals surface area contributed by atoms with Gasteiger partial charge in [0.2, 0.25) is 5.89 Å². The highest BCUT2D eigenvalue weighted by Gasteiger charge is 2.14. The molecule has 0 aliphatic carbocycles. The lowest BCUT2D eigenvalue weighted by Gasteiger charge is -2.07. The van der Waals surface area contributed by atoms with E-state index in [1.165, 1.54) is 0 Å². The molecule has 2 N–H and O–H groups in total. The quantitative estimate of drug-likeness (QED) is 0.879. The van der Waals surface area contributed by atoms with E-state index in [1.54, 1.807) is 18.2 Å². The molecule has 0 saturated carbocycles. The summed E-state index contributed by atoms with van der Waals surface area (Å²) in [5.74, 6) is 0.516. The van der Waals surface area contributed by atoms with Gasteiger partial charge >= 0.3 is 6.01 Å². The van der Waals surface area contributed by atoms with Crippen molar-refractivity contribution in [1.82, 2.24) is 15.5 Å². The van der Waals surface area contributed by atoms with Crippen LogP contribution in [-0.2, 0) is 0 Å². The molecule has 2 rings (SSSR count). The van der Waals surface area contributed by atoms with Crippen molar-refractivity contribution < 1.29 is 4.42 Å². The average Bonchev–Trinajstić information content (AvgIpc) is 2.84. The van der Waals surface area contributed by atoms with Gasteiger partial charge in [-0.15, -0.1) is 5.10 Å². The van der Waals surface area contributed by atoms with Gasteiger partial charge in [-0.05, 0) is 25.6 Å². The van der Waals surface area contributed by atoms with Gasteiger partial charge in [0.1, 0.15) is 0 Å². The van der Waals surface area contributed by atoms with Gasteiger partial charge in [0.15, 0.2) is 0 Å². The van der Waals surface area contributed by atoms with E-state index in [0.29, 0.717) is 21.6 Å². The lowest BCUT2D eigenvalue weighted by molar-refractivity contribution is 0.430. The molecule has 0 saturated heterocycles. The second-order valence-corrected chi connectivity index (χ2v) is 4.74. The van der Waals surface area contributed by atoms with Gasteiger partial charge in [-0.25, -0.2) is 0 Å². The van der Waals surface area contributed by atoms with Crippen molar-refractivity contribution in [1.29, 1.82) is 0 Å². The first kappa shape index (κ1) is 14.1. The SMILES string of the molecule is CCNC(C)c1nnc(Nc2cccc(Cl)c2Cl)o1. The van der Waals surface area contributed by atoms with Crippen molar-refractivity contribution >= 4 is 34.9 Å². The first-order valence-corrected chi connectivity index (χ1v) is 6.65. The summed E-state index contributed by atoms with van der Waals surface area (Å²) < 4.78 is 5.50. The zero-order valence-corrected chi connectivity index (χ0v) is 12.1. The summed E-state index contributed by atoms with van der Waals surface area (Å²) in [7, 11) is 0. The summed E-state index contributed by atoms with van der Waals surface area (Å²) in [6, 6.07) is 5.56. The van der Waals surface area contributed by atoms with Crippen LogP contribution in [0.2, 0.25) is 10.0 Å². The first-order chi connectivity index (χ1) is 9.11. The van der Waals surface area contributed by atoms with Crippen LogP contribution in [0.25, 0.3) is 0 Å². The van der Waals surface area contributed by atoms with Crippen molar-refractivity contribution in [3.63, 3.8) is 0 Å². The van der Waals surface area contributed by atoms with Crippen LogP contribution >= 0.6 is 23.2 Å². The number of nitrogens with one attached hydrogen (secondary N) is 2. The highest BCUT2D eigenvalue weighted by atomic mass is 35.5. The summed E-state index contributed by atoms with van der Waals surface area (Å²) in [5, 5.41) is 14.9. The van der Waals surface area contributed by atoms with Crippen molar-refractivity contribution in [2.75, 3.05) is 11.9 Å². The molecule has 7 heteroatoms. The molecule has 1 unspecified atom stereocenters. The Bertz CT molecular complexity index is 558. The van der Waals surface area contributed by atoms with Crippen molar-refractivity contribution in [2.24, 2.45) is 0 Å². The summed E-state index contributed by atoms with van der Waals surface area (Å²) in [5.41, 5.74) is 0.625. The molecule has 5 nitrogen and oxygen atoms in total. The van der Waals surface area contributed by atoms with E-state index in [-0.39, 0.29) is 12.1 Å². The first-order valence-electron chi connectivity index (χ1n) is 5.89. The smallest absolute Gasteiger partial charge is 0.320 e. The summed E-state index contributed by atoms with van der Waals surface area (Å²) in [4.78, 5) is 0. The second kappa shape index (κ2) is 6.23. The fourth-order valence-corrected chi connectivity index (χ4v) is 1.92. The van der Waals surface area contributed by atoms with Crippen LogP contribution in [0.1, 0.15) is 25.8 Å². The monoisotopic (exact) mass is 300 g/mol. The third-order valence-corrected chi connectivity index (χ3v) is 3.33. The van der Waals surface area contributed by atoms with Crippen LogP contribution in [0, 0.1) is 0 Å². The Kier molecular flexibility index (Phi) is 4.63. The lowest BCUT2D eigenvalue weighted by Crippen LogP contribution is -2.17. The van der Waals surface area contributed by atoms with E-state index in [4.69, 9.17) is 27.6 Å². The molecule has 0 radical (unpaired) electrons. The molecule has 19 heavy (non-hydrogen) atoms. The van der Waals surface area contributed by atoms with Gasteiger partial charge in [-0.1, -0.05) is 41.3 Å². The molecule has 0 aliphatic rings. The molecular weight excluding hydrogens is 287 g/mol. The predicted octanol–water partition coefficient (Wildman–Crippen LogP) is 3.79. The zero-order valence-electron chi connectivity index (χ0n) is 10.6. The Morgan fingerprint density at radius 3 is 2.84 bits per heavy atom. The van der Waals surface area contributed by atoms with Crippen molar-refractivity contribution in [3.05, 3.63) is 34.1 Å². The Hall–Kier alpha value is -1.30. The van der Waals surface area contributed by atoms with Gasteiger partial charge in [0, 0.05) is 0 Å². The van der Waals surface area contributed by atoms with Crippen LogP contribution < -0.4 is 10.6 Å². The number of aromatic nitrogens is 2. The van der Waals surface area contributed by atoms with E-state index in [9.17, 15) is 0 Å². The van der Waals surface area contributed by atoms with Gasteiger partial charge in [-0.3, -0.25) is 0 Å². The topological polar surface area (TPSA) is 63.0 Å². The van der Waals surface area contributed by atoms with Crippen LogP contribution in [0.4, 0.5) is 11.7 Å². The molecule has 1 atom stereocenters. The molecular formula is C12H14Cl2N4O. The summed E-state index contributed by atoms with van der Waals surface area (Å²) in [6.07, 6.45) is 0. The molecule has 0 aliphatic heterocycles. The van der Waals surface area contributed by atoms with Gasteiger partial charge < -0.3 is 15.1 Å². The fourth-order valence-electron chi connectivity index (χ4n) is 1.57. The molecule has 0 fully saturated rings. The largest absolute Gasteiger partial charge is 0.406 e. The third kappa shape index (κ3) is 3.37. The van der Waals surface area contributed by atoms with E-state index in [1.807, 2.05) is 13.8 Å². The number of benzene rings is 1. The van der Waals surface area contributed by atoms with E-state index < -0.39 is 0 Å². The van der Waals surface area contributed by atoms with Crippen LogP contribution in [0.5, 0.6) is 0 Å². The number of halogens is 2. The third-order valence-electron chi connectivity index (χ3n) is 2.51. The molecule has 0 bridgehead atoms. The Morgan fingerprint density at radius 1 is 1.32 bits per heavy atom. The minimum absolute atomic E-state index is 0.00267. The molecule has 1 aromatic carbocycles. The maximum atomic E-state index is 6.07. The highest BCUT2D eigenvalue weighted by molar-refractivity contribution is 6.43. The van der Waals surface area contributed by atoms with Gasteiger partial charge in [0.05, 0.1) is 21.8 Å². The maximum Gasteiger partial charge on any atom is 0.320 e. The molecule has 0 amide bonds. The molecule has 0 spiro atoms. The molecule has 1 aromatic heterocycles. The van der Waals surface area contributed by atoms with Crippen molar-refractivity contribution in [3.8, 4) is 0 Å². The van der Waals surface area contributed by atoms with Crippen LogP contribution in [-0.4, -0.2) is 16.7 Å². The van der Waals surface area contributed by atoms with Gasteiger partial charge in [0.25, 0.3) is 0 Å². The Labute approximate surface area is 121 Å². The maximum absolute atomic E-state index is 6.07. The van der Waals surface area contributed by atoms with Crippen LogP contribution in [0.3, 0.4) is 0 Å². The summed E-state index contributed by atoms with van der Waals surface area (Å²) in [6.45, 7) is 4.79. The Morgan fingerprint density at radius 2 is 2.11 bits per heavy atom. The number of hydrogen-bond donors (Lipinski definition) is 2. The minimum Gasteiger partial charge on any atom is -0.406 e. The minimum atomic E-state index is 0.00267. The Balaban J connectivity index is 2.14. The highest BCUT2D eigenvalue weighted by Crippen LogP contribution is 2.31.